The number of carbonyl (C=O) groups is 2. The summed E-state index contributed by atoms with van der Waals surface area (Å²) >= 11 is 13.5. The average Bonchev–Trinajstić information content (AvgIpc) is 2.78. The number of carbonyl (C=O) groups excluding carboxylic acids is 2. The lowest BCUT2D eigenvalue weighted by molar-refractivity contribution is -0.137. The lowest BCUT2D eigenvalue weighted by Crippen LogP contribution is -2.31. The van der Waals surface area contributed by atoms with Gasteiger partial charge in [-0.2, -0.15) is 5.26 Å². The maximum Gasteiger partial charge on any atom is 0.316 e. The molecule has 0 bridgehead atoms. The van der Waals surface area contributed by atoms with Crippen LogP contribution in [-0.4, -0.2) is 24.7 Å². The Labute approximate surface area is 200 Å². The largest absolute Gasteiger partial charge is 0.468 e. The number of thioether (sulfide) groups is 1. The molecule has 1 heterocycles. The second kappa shape index (κ2) is 10.6. The van der Waals surface area contributed by atoms with E-state index in [9.17, 15) is 14.9 Å². The number of allylic oxidation sites excluding steroid dienone is 2. The van der Waals surface area contributed by atoms with Gasteiger partial charge in [0.2, 0.25) is 0 Å². The zero-order valence-electron chi connectivity index (χ0n) is 17.2. The highest BCUT2D eigenvalue weighted by Gasteiger charge is 2.35. The van der Waals surface area contributed by atoms with Gasteiger partial charge in [-0.25, -0.2) is 0 Å². The standard InChI is InChI=1S/C23H19Cl2N3O3S/c1-13-20(22(30)28-15-9-7-14(24)8-10-15)21(16-5-3-4-6-18(16)25)17(11-26)23(27-13)32-12-19(29)31-2/h3-10,21,27H,12H2,1-2H3,(H,28,30)/t21-/m0/s1. The number of nitrogens with one attached hydrogen (secondary N) is 2. The summed E-state index contributed by atoms with van der Waals surface area (Å²) in [5.41, 5.74) is 2.37. The summed E-state index contributed by atoms with van der Waals surface area (Å²) in [6.45, 7) is 1.74. The van der Waals surface area contributed by atoms with Crippen molar-refractivity contribution in [2.45, 2.75) is 12.8 Å². The van der Waals surface area contributed by atoms with Crippen molar-refractivity contribution >= 4 is 52.5 Å². The molecule has 9 heteroatoms. The van der Waals surface area contributed by atoms with E-state index in [0.717, 1.165) is 11.8 Å². The minimum atomic E-state index is -0.720. The Kier molecular flexibility index (Phi) is 7.86. The third kappa shape index (κ3) is 5.28. The van der Waals surface area contributed by atoms with Gasteiger partial charge in [-0.15, -0.1) is 0 Å². The molecule has 0 saturated carbocycles. The summed E-state index contributed by atoms with van der Waals surface area (Å²) in [6, 6.07) is 16.0. The molecule has 0 unspecified atom stereocenters. The summed E-state index contributed by atoms with van der Waals surface area (Å²) in [4.78, 5) is 25.0. The van der Waals surface area contributed by atoms with Crippen molar-refractivity contribution in [2.75, 3.05) is 18.2 Å². The van der Waals surface area contributed by atoms with E-state index in [1.165, 1.54) is 7.11 Å². The van der Waals surface area contributed by atoms with Crippen LogP contribution in [-0.2, 0) is 14.3 Å². The number of hydrogen-bond acceptors (Lipinski definition) is 6. The third-order valence-electron chi connectivity index (χ3n) is 4.77. The van der Waals surface area contributed by atoms with Crippen LogP contribution in [0.5, 0.6) is 0 Å². The molecule has 2 aromatic rings. The smallest absolute Gasteiger partial charge is 0.316 e. The first-order chi connectivity index (χ1) is 15.3. The lowest BCUT2D eigenvalue weighted by atomic mass is 9.82. The second-order valence-electron chi connectivity index (χ2n) is 6.80. The number of halogens is 2. The number of dihydropyridines is 1. The minimum absolute atomic E-state index is 0.0127. The Morgan fingerprint density at radius 3 is 2.50 bits per heavy atom. The van der Waals surface area contributed by atoms with E-state index in [4.69, 9.17) is 27.9 Å². The number of rotatable bonds is 6. The Bertz CT molecular complexity index is 1150. The lowest BCUT2D eigenvalue weighted by Gasteiger charge is -2.30. The van der Waals surface area contributed by atoms with E-state index in [-0.39, 0.29) is 11.7 Å². The topological polar surface area (TPSA) is 91.2 Å². The first-order valence-electron chi connectivity index (χ1n) is 9.48. The van der Waals surface area contributed by atoms with Gasteiger partial charge in [0, 0.05) is 27.0 Å². The molecule has 0 fully saturated rings. The van der Waals surface area contributed by atoms with E-state index >= 15 is 0 Å². The van der Waals surface area contributed by atoms with E-state index in [2.05, 4.69) is 16.7 Å². The zero-order valence-corrected chi connectivity index (χ0v) is 19.6. The van der Waals surface area contributed by atoms with Gasteiger partial charge < -0.3 is 15.4 Å². The number of amides is 1. The number of anilines is 1. The van der Waals surface area contributed by atoms with Crippen LogP contribution >= 0.6 is 35.0 Å². The van der Waals surface area contributed by atoms with Crippen molar-refractivity contribution in [2.24, 2.45) is 0 Å². The number of methoxy groups -OCH3 is 1. The molecule has 1 aliphatic heterocycles. The average molecular weight is 488 g/mol. The SMILES string of the molecule is COC(=O)CSC1=C(C#N)[C@H](c2ccccc2Cl)C(C(=O)Nc2ccc(Cl)cc2)=C(C)N1. The van der Waals surface area contributed by atoms with Gasteiger partial charge in [-0.1, -0.05) is 53.2 Å². The molecule has 2 aromatic carbocycles. The molecule has 0 radical (unpaired) electrons. The fraction of sp³-hybridized carbons (Fsp3) is 0.174. The molecule has 0 spiro atoms. The molecule has 0 aromatic heterocycles. The Balaban J connectivity index is 2.05. The molecule has 1 atom stereocenters. The zero-order chi connectivity index (χ0) is 23.3. The quantitative estimate of drug-likeness (QED) is 0.541. The van der Waals surface area contributed by atoms with Gasteiger partial charge in [0.05, 0.1) is 35.5 Å². The highest BCUT2D eigenvalue weighted by molar-refractivity contribution is 8.03. The highest BCUT2D eigenvalue weighted by atomic mass is 35.5. The number of nitriles is 1. The van der Waals surface area contributed by atoms with Crippen LogP contribution in [0.1, 0.15) is 18.4 Å². The van der Waals surface area contributed by atoms with Crippen molar-refractivity contribution in [3.8, 4) is 6.07 Å². The normalized spacial score (nSPS) is 15.7. The summed E-state index contributed by atoms with van der Waals surface area (Å²) in [5.74, 6) is -1.52. The second-order valence-corrected chi connectivity index (χ2v) is 8.63. The number of nitrogens with zero attached hydrogens (tertiary/aromatic N) is 1. The Morgan fingerprint density at radius 2 is 1.88 bits per heavy atom. The Morgan fingerprint density at radius 1 is 1.19 bits per heavy atom. The predicted molar refractivity (Wildman–Crippen MR) is 127 cm³/mol. The van der Waals surface area contributed by atoms with E-state index in [0.29, 0.717) is 43.2 Å². The molecular formula is C23H19Cl2N3O3S. The molecular weight excluding hydrogens is 469 g/mol. The highest BCUT2D eigenvalue weighted by Crippen LogP contribution is 2.43. The van der Waals surface area contributed by atoms with E-state index < -0.39 is 11.9 Å². The number of benzene rings is 2. The molecule has 1 amide bonds. The maximum absolute atomic E-state index is 13.3. The van der Waals surface area contributed by atoms with Crippen LogP contribution in [0, 0.1) is 11.3 Å². The van der Waals surface area contributed by atoms with Gasteiger partial charge >= 0.3 is 5.97 Å². The van der Waals surface area contributed by atoms with Crippen LogP contribution in [0.15, 0.2) is 70.4 Å². The maximum atomic E-state index is 13.3. The first kappa shape index (κ1) is 23.7. The fourth-order valence-corrected chi connectivity index (χ4v) is 4.56. The van der Waals surface area contributed by atoms with Crippen molar-refractivity contribution in [1.82, 2.24) is 5.32 Å². The van der Waals surface area contributed by atoms with Crippen molar-refractivity contribution in [3.05, 3.63) is 86.0 Å². The first-order valence-corrected chi connectivity index (χ1v) is 11.2. The Hall–Kier alpha value is -2.92. The molecule has 1 aliphatic rings. The number of esters is 1. The molecule has 2 N–H and O–H groups in total. The predicted octanol–water partition coefficient (Wildman–Crippen LogP) is 5.23. The van der Waals surface area contributed by atoms with Crippen LogP contribution < -0.4 is 10.6 Å². The van der Waals surface area contributed by atoms with Gasteiger partial charge in [-0.05, 0) is 42.8 Å². The molecule has 6 nitrogen and oxygen atoms in total. The fourth-order valence-electron chi connectivity index (χ4n) is 3.27. The van der Waals surface area contributed by atoms with Crippen LogP contribution in [0.4, 0.5) is 5.69 Å². The van der Waals surface area contributed by atoms with Gasteiger partial charge in [0.1, 0.15) is 0 Å². The molecule has 0 saturated heterocycles. The summed E-state index contributed by atoms with van der Waals surface area (Å²) in [6.07, 6.45) is 0. The van der Waals surface area contributed by atoms with Crippen molar-refractivity contribution in [1.29, 1.82) is 5.26 Å². The monoisotopic (exact) mass is 487 g/mol. The van der Waals surface area contributed by atoms with Gasteiger partial charge in [-0.3, -0.25) is 9.59 Å². The van der Waals surface area contributed by atoms with Crippen molar-refractivity contribution in [3.63, 3.8) is 0 Å². The van der Waals surface area contributed by atoms with Crippen LogP contribution in [0.3, 0.4) is 0 Å². The van der Waals surface area contributed by atoms with E-state index in [1.54, 1.807) is 55.5 Å². The van der Waals surface area contributed by atoms with Crippen molar-refractivity contribution < 1.29 is 14.3 Å². The molecule has 3 rings (SSSR count). The molecule has 0 aliphatic carbocycles. The van der Waals surface area contributed by atoms with Crippen LogP contribution in [0.2, 0.25) is 10.0 Å². The van der Waals surface area contributed by atoms with Crippen LogP contribution in [0.25, 0.3) is 0 Å². The van der Waals surface area contributed by atoms with Gasteiger partial charge in [0.25, 0.3) is 5.91 Å². The number of hydrogen-bond donors (Lipinski definition) is 2. The third-order valence-corrected chi connectivity index (χ3v) is 6.36. The minimum Gasteiger partial charge on any atom is -0.468 e. The summed E-state index contributed by atoms with van der Waals surface area (Å²) in [5, 5.41) is 17.4. The summed E-state index contributed by atoms with van der Waals surface area (Å²) in [7, 11) is 1.30. The molecule has 32 heavy (non-hydrogen) atoms. The van der Waals surface area contributed by atoms with Gasteiger partial charge in [0.15, 0.2) is 0 Å². The molecule has 164 valence electrons. The number of ether oxygens (including phenoxy) is 1. The van der Waals surface area contributed by atoms with E-state index in [1.807, 2.05) is 0 Å². The summed E-state index contributed by atoms with van der Waals surface area (Å²) < 4.78 is 4.70.